The molecule has 0 heterocycles. The van der Waals surface area contributed by atoms with Crippen molar-refractivity contribution in [3.8, 4) is 0 Å². The van der Waals surface area contributed by atoms with E-state index in [1.807, 2.05) is 33.8 Å². The van der Waals surface area contributed by atoms with Gasteiger partial charge in [-0.2, -0.15) is 0 Å². The number of amides is 1. The number of nitrogens with one attached hydrogen (secondary N) is 2. The van der Waals surface area contributed by atoms with E-state index >= 15 is 0 Å². The summed E-state index contributed by atoms with van der Waals surface area (Å²) in [5.74, 6) is 0.249. The molecule has 23 heavy (non-hydrogen) atoms. The maximum Gasteiger partial charge on any atom is 0.407 e. The van der Waals surface area contributed by atoms with E-state index in [4.69, 9.17) is 4.74 Å². The van der Waals surface area contributed by atoms with E-state index in [1.54, 1.807) is 6.07 Å². The zero-order valence-electron chi connectivity index (χ0n) is 15.0. The van der Waals surface area contributed by atoms with Crippen LogP contribution in [0.2, 0.25) is 0 Å². The van der Waals surface area contributed by atoms with Crippen LogP contribution >= 0.6 is 0 Å². The number of para-hydroxylation sites is 1. The smallest absolute Gasteiger partial charge is 0.407 e. The molecule has 4 nitrogen and oxygen atoms in total. The lowest BCUT2D eigenvalue weighted by atomic mass is 9.95. The van der Waals surface area contributed by atoms with Gasteiger partial charge in [-0.1, -0.05) is 26.0 Å². The number of hydrogen-bond acceptors (Lipinski definition) is 3. The molecule has 0 fully saturated rings. The van der Waals surface area contributed by atoms with Crippen LogP contribution in [-0.4, -0.2) is 24.8 Å². The molecule has 1 rings (SSSR count). The number of carbonyl (C=O) groups excluding carboxylic acids is 1. The van der Waals surface area contributed by atoms with E-state index in [-0.39, 0.29) is 11.7 Å². The second-order valence-electron chi connectivity index (χ2n) is 7.20. The van der Waals surface area contributed by atoms with Crippen molar-refractivity contribution in [1.29, 1.82) is 0 Å². The van der Waals surface area contributed by atoms with Gasteiger partial charge in [-0.25, -0.2) is 9.18 Å². The van der Waals surface area contributed by atoms with Crippen LogP contribution in [0.25, 0.3) is 0 Å². The second-order valence-corrected chi connectivity index (χ2v) is 7.20. The molecule has 0 bridgehead atoms. The summed E-state index contributed by atoms with van der Waals surface area (Å²) in [7, 11) is 0. The third kappa shape index (κ3) is 6.89. The Morgan fingerprint density at radius 3 is 2.43 bits per heavy atom. The van der Waals surface area contributed by atoms with Gasteiger partial charge in [0.2, 0.25) is 0 Å². The van der Waals surface area contributed by atoms with Gasteiger partial charge in [-0.3, -0.25) is 0 Å². The average molecular weight is 324 g/mol. The van der Waals surface area contributed by atoms with Crippen LogP contribution < -0.4 is 10.6 Å². The number of alkyl carbamates (subject to hydrolysis) is 1. The van der Waals surface area contributed by atoms with Crippen molar-refractivity contribution in [3.05, 3.63) is 29.6 Å². The lowest BCUT2D eigenvalue weighted by molar-refractivity contribution is 0.0516. The molecule has 0 aliphatic carbocycles. The van der Waals surface area contributed by atoms with E-state index in [2.05, 4.69) is 24.5 Å². The molecule has 0 radical (unpaired) electrons. The highest BCUT2D eigenvalue weighted by molar-refractivity contribution is 5.67. The van der Waals surface area contributed by atoms with Crippen LogP contribution in [0.1, 0.15) is 40.2 Å². The molecule has 2 N–H and O–H groups in total. The lowest BCUT2D eigenvalue weighted by Gasteiger charge is -2.25. The molecule has 5 heteroatoms. The van der Waals surface area contributed by atoms with Gasteiger partial charge in [-0.05, 0) is 51.2 Å². The first-order valence-electron chi connectivity index (χ1n) is 8.06. The van der Waals surface area contributed by atoms with Crippen molar-refractivity contribution < 1.29 is 13.9 Å². The Kier molecular flexibility index (Phi) is 6.85. The third-order valence-corrected chi connectivity index (χ3v) is 3.61. The molecule has 0 spiro atoms. The number of aryl methyl sites for hydroxylation is 1. The van der Waals surface area contributed by atoms with Gasteiger partial charge in [0.15, 0.2) is 0 Å². The molecule has 0 aliphatic rings. The van der Waals surface area contributed by atoms with Gasteiger partial charge in [0, 0.05) is 13.1 Å². The molecular weight excluding hydrogens is 295 g/mol. The molecule has 0 aliphatic heterocycles. The van der Waals surface area contributed by atoms with Gasteiger partial charge in [0.25, 0.3) is 0 Å². The van der Waals surface area contributed by atoms with Crippen molar-refractivity contribution in [3.63, 3.8) is 0 Å². The normalized spacial score (nSPS) is 12.9. The summed E-state index contributed by atoms with van der Waals surface area (Å²) >= 11 is 0. The number of rotatable bonds is 6. The van der Waals surface area contributed by atoms with E-state index in [9.17, 15) is 9.18 Å². The maximum absolute atomic E-state index is 13.8. The fraction of sp³-hybridized carbons (Fsp3) is 0.611. The lowest BCUT2D eigenvalue weighted by Crippen LogP contribution is -2.38. The van der Waals surface area contributed by atoms with E-state index < -0.39 is 11.7 Å². The highest BCUT2D eigenvalue weighted by Gasteiger charge is 2.19. The minimum absolute atomic E-state index is 0.168. The Hall–Kier alpha value is -1.78. The van der Waals surface area contributed by atoms with Crippen molar-refractivity contribution in [1.82, 2.24) is 5.32 Å². The highest BCUT2D eigenvalue weighted by atomic mass is 19.1. The van der Waals surface area contributed by atoms with Gasteiger partial charge in [0.1, 0.15) is 11.4 Å². The monoisotopic (exact) mass is 324 g/mol. The van der Waals surface area contributed by atoms with E-state index in [0.29, 0.717) is 24.7 Å². The zero-order valence-corrected chi connectivity index (χ0v) is 15.0. The van der Waals surface area contributed by atoms with Crippen LogP contribution in [0, 0.1) is 24.6 Å². The standard InChI is InChI=1S/C18H29FN2O2/c1-12(2)14(11-21-17(22)23-18(4,5)6)10-20-16-13(3)8-7-9-15(16)19/h7-9,12,14,20H,10-11H2,1-6H3,(H,21,22). The Morgan fingerprint density at radius 1 is 1.26 bits per heavy atom. The minimum atomic E-state index is -0.514. The van der Waals surface area contributed by atoms with Crippen LogP contribution in [0.15, 0.2) is 18.2 Å². The first-order chi connectivity index (χ1) is 10.6. The second kappa shape index (κ2) is 8.18. The summed E-state index contributed by atoms with van der Waals surface area (Å²) in [5.41, 5.74) is 0.878. The molecule has 0 saturated heterocycles. The molecule has 0 aromatic heterocycles. The van der Waals surface area contributed by atoms with E-state index in [1.165, 1.54) is 6.07 Å². The number of ether oxygens (including phenoxy) is 1. The summed E-state index contributed by atoms with van der Waals surface area (Å²) in [5, 5.41) is 5.96. The Morgan fingerprint density at radius 2 is 1.91 bits per heavy atom. The van der Waals surface area contributed by atoms with E-state index in [0.717, 1.165) is 5.56 Å². The van der Waals surface area contributed by atoms with Crippen LogP contribution in [0.4, 0.5) is 14.9 Å². The maximum atomic E-state index is 13.8. The summed E-state index contributed by atoms with van der Waals surface area (Å²) in [6.07, 6.45) is -0.426. The number of carbonyl (C=O) groups is 1. The highest BCUT2D eigenvalue weighted by Crippen LogP contribution is 2.20. The third-order valence-electron chi connectivity index (χ3n) is 3.61. The van der Waals surface area contributed by atoms with Gasteiger partial charge < -0.3 is 15.4 Å². The molecule has 1 aromatic rings. The largest absolute Gasteiger partial charge is 0.444 e. The van der Waals surface area contributed by atoms with Crippen molar-refractivity contribution in [2.24, 2.45) is 11.8 Å². The summed E-state index contributed by atoms with van der Waals surface area (Å²) in [6.45, 7) is 12.6. The van der Waals surface area contributed by atoms with Crippen LogP contribution in [-0.2, 0) is 4.74 Å². The van der Waals surface area contributed by atoms with Gasteiger partial charge in [0.05, 0.1) is 5.69 Å². The molecule has 1 amide bonds. The fourth-order valence-electron chi connectivity index (χ4n) is 2.16. The molecule has 0 saturated carbocycles. The molecular formula is C18H29FN2O2. The SMILES string of the molecule is Cc1cccc(F)c1NCC(CNC(=O)OC(C)(C)C)C(C)C. The molecule has 1 aromatic carbocycles. The molecule has 1 atom stereocenters. The average Bonchev–Trinajstić information content (AvgIpc) is 2.38. The molecule has 1 unspecified atom stereocenters. The zero-order chi connectivity index (χ0) is 17.6. The van der Waals surface area contributed by atoms with Gasteiger partial charge in [-0.15, -0.1) is 0 Å². The Balaban J connectivity index is 2.58. The predicted molar refractivity (Wildman–Crippen MR) is 92.2 cm³/mol. The fourth-order valence-corrected chi connectivity index (χ4v) is 2.16. The Labute approximate surface area is 138 Å². The van der Waals surface area contributed by atoms with Crippen molar-refractivity contribution >= 4 is 11.8 Å². The summed E-state index contributed by atoms with van der Waals surface area (Å²) in [4.78, 5) is 11.8. The topological polar surface area (TPSA) is 50.4 Å². The predicted octanol–water partition coefficient (Wildman–Crippen LogP) is 4.34. The quantitative estimate of drug-likeness (QED) is 0.818. The molecule has 130 valence electrons. The van der Waals surface area contributed by atoms with Crippen LogP contribution in [0.3, 0.4) is 0 Å². The number of anilines is 1. The van der Waals surface area contributed by atoms with Crippen molar-refractivity contribution in [2.45, 2.75) is 47.1 Å². The van der Waals surface area contributed by atoms with Gasteiger partial charge >= 0.3 is 6.09 Å². The number of halogens is 1. The number of benzene rings is 1. The van der Waals surface area contributed by atoms with Crippen molar-refractivity contribution in [2.75, 3.05) is 18.4 Å². The van der Waals surface area contributed by atoms with Crippen LogP contribution in [0.5, 0.6) is 0 Å². The minimum Gasteiger partial charge on any atom is -0.444 e. The summed E-state index contributed by atoms with van der Waals surface area (Å²) < 4.78 is 19.1. The summed E-state index contributed by atoms with van der Waals surface area (Å²) in [6, 6.07) is 5.01. The first kappa shape index (κ1) is 19.3. The Bertz CT molecular complexity index is 504. The number of hydrogen-bond donors (Lipinski definition) is 2. The first-order valence-corrected chi connectivity index (χ1v) is 8.06.